The predicted octanol–water partition coefficient (Wildman–Crippen LogP) is 1.04. The Labute approximate surface area is 279 Å². The van der Waals surface area contributed by atoms with Crippen LogP contribution in [0, 0.1) is 11.8 Å². The molecule has 0 aromatic heterocycles. The smallest absolute Gasteiger partial charge is 0.326 e. The largest absolute Gasteiger partial charge is 0.481 e. The van der Waals surface area contributed by atoms with Crippen LogP contribution in [0.4, 0.5) is 0 Å². The van der Waals surface area contributed by atoms with E-state index in [0.29, 0.717) is 15.1 Å². The molecule has 5 atom stereocenters. The van der Waals surface area contributed by atoms with Gasteiger partial charge >= 0.3 is 17.9 Å². The molecule has 15 nitrogen and oxygen atoms in total. The number of carbonyl (C=O) groups excluding carboxylic acids is 4. The summed E-state index contributed by atoms with van der Waals surface area (Å²) in [6.45, 7) is 6.86. The number of hydrogen-bond donors (Lipinski definition) is 8. The van der Waals surface area contributed by atoms with E-state index in [1.807, 2.05) is 0 Å². The molecule has 256 valence electrons. The molecular formula is C29H41BrClN5O10. The van der Waals surface area contributed by atoms with E-state index >= 15 is 0 Å². The van der Waals surface area contributed by atoms with Gasteiger partial charge in [0.25, 0.3) is 0 Å². The van der Waals surface area contributed by atoms with Crippen molar-refractivity contribution in [3.8, 4) is 0 Å². The van der Waals surface area contributed by atoms with Gasteiger partial charge in [-0.1, -0.05) is 61.3 Å². The van der Waals surface area contributed by atoms with Crippen molar-refractivity contribution in [3.05, 3.63) is 33.3 Å². The summed E-state index contributed by atoms with van der Waals surface area (Å²) in [5.74, 6) is -8.09. The third-order valence-electron chi connectivity index (χ3n) is 6.66. The molecule has 0 bridgehead atoms. The molecule has 0 aliphatic rings. The van der Waals surface area contributed by atoms with Gasteiger partial charge < -0.3 is 42.3 Å². The Bertz CT molecular complexity index is 1290. The fourth-order valence-electron chi connectivity index (χ4n) is 4.21. The second-order valence-corrected chi connectivity index (χ2v) is 12.7. The van der Waals surface area contributed by atoms with Gasteiger partial charge in [0.05, 0.1) is 12.5 Å². The van der Waals surface area contributed by atoms with Crippen molar-refractivity contribution in [2.24, 2.45) is 17.6 Å². The number of nitrogens with one attached hydrogen (secondary N) is 4. The van der Waals surface area contributed by atoms with Crippen LogP contribution in [0.1, 0.15) is 58.9 Å². The summed E-state index contributed by atoms with van der Waals surface area (Å²) in [7, 11) is 0. The van der Waals surface area contributed by atoms with E-state index < -0.39 is 84.1 Å². The molecule has 0 heterocycles. The van der Waals surface area contributed by atoms with E-state index in [1.165, 1.54) is 0 Å². The fourth-order valence-corrected chi connectivity index (χ4v) is 5.05. The van der Waals surface area contributed by atoms with E-state index in [1.54, 1.807) is 45.9 Å². The summed E-state index contributed by atoms with van der Waals surface area (Å²) in [4.78, 5) is 86.5. The number of halogens is 2. The lowest BCUT2D eigenvalue weighted by Gasteiger charge is -2.28. The van der Waals surface area contributed by atoms with Crippen LogP contribution in [0.25, 0.3) is 0 Å². The number of carboxylic acids is 3. The van der Waals surface area contributed by atoms with E-state index in [4.69, 9.17) is 27.5 Å². The molecule has 0 aliphatic carbocycles. The van der Waals surface area contributed by atoms with Gasteiger partial charge in [0.2, 0.25) is 23.6 Å². The van der Waals surface area contributed by atoms with Crippen molar-refractivity contribution in [2.75, 3.05) is 0 Å². The first kappa shape index (κ1) is 40.3. The minimum absolute atomic E-state index is 0.101. The monoisotopic (exact) mass is 733 g/mol. The minimum Gasteiger partial charge on any atom is -0.481 e. The van der Waals surface area contributed by atoms with Crippen LogP contribution in [0.5, 0.6) is 0 Å². The zero-order chi connectivity index (χ0) is 35.3. The van der Waals surface area contributed by atoms with E-state index in [9.17, 15) is 38.7 Å². The Kier molecular flexibility index (Phi) is 16.7. The van der Waals surface area contributed by atoms with Crippen molar-refractivity contribution in [2.45, 2.75) is 90.0 Å². The third kappa shape index (κ3) is 14.1. The second-order valence-electron chi connectivity index (χ2n) is 11.5. The molecule has 0 aliphatic heterocycles. The van der Waals surface area contributed by atoms with E-state index in [-0.39, 0.29) is 31.6 Å². The Morgan fingerprint density at radius 3 is 1.87 bits per heavy atom. The first-order valence-electron chi connectivity index (χ1n) is 14.4. The van der Waals surface area contributed by atoms with Gasteiger partial charge in [-0.3, -0.25) is 28.8 Å². The molecule has 9 N–H and O–H groups in total. The van der Waals surface area contributed by atoms with Crippen LogP contribution in [-0.4, -0.2) is 87.1 Å². The first-order chi connectivity index (χ1) is 21.3. The summed E-state index contributed by atoms with van der Waals surface area (Å²) in [6, 6.07) is -2.10. The molecule has 0 radical (unpaired) electrons. The number of carboxylic acid groups (broad SMARTS) is 3. The maximum absolute atomic E-state index is 13.6. The number of rotatable bonds is 19. The standard InChI is InChI=1S/C29H41BrClN5O10/c1-13(2)9-19(34-28(44)24(14(3)4)36-25(41)18(32)7-8-22(37)38)26(42)33-20(10-15-5-6-16(31)11-17(15)30)27(43)35-21(29(45)46)12-23(39)40/h5-6,11,13-14,18-21,24H,7-10,12,32H2,1-4H3,(H,33,42)(H,34,44)(H,35,43)(H,36,41)(H,37,38)(H,39,40)(H,45,46)/t18-,19-,20-,21-,24-/m0/s1. The van der Waals surface area contributed by atoms with Crippen molar-refractivity contribution in [3.63, 3.8) is 0 Å². The molecule has 0 saturated carbocycles. The highest BCUT2D eigenvalue weighted by molar-refractivity contribution is 9.10. The van der Waals surface area contributed by atoms with E-state index in [2.05, 4.69) is 37.2 Å². The van der Waals surface area contributed by atoms with Crippen LogP contribution in [-0.2, 0) is 40.0 Å². The van der Waals surface area contributed by atoms with Gasteiger partial charge in [-0.25, -0.2) is 4.79 Å². The highest BCUT2D eigenvalue weighted by Gasteiger charge is 2.34. The molecule has 4 amide bonds. The van der Waals surface area contributed by atoms with Gasteiger partial charge in [-0.15, -0.1) is 0 Å². The summed E-state index contributed by atoms with van der Waals surface area (Å²) < 4.78 is 0.483. The molecule has 0 spiro atoms. The average molecular weight is 735 g/mol. The van der Waals surface area contributed by atoms with Crippen LogP contribution in [0.3, 0.4) is 0 Å². The number of amides is 4. The lowest BCUT2D eigenvalue weighted by atomic mass is 9.98. The number of aliphatic carboxylic acids is 3. The molecule has 0 fully saturated rings. The highest BCUT2D eigenvalue weighted by Crippen LogP contribution is 2.23. The van der Waals surface area contributed by atoms with Gasteiger partial charge in [0.1, 0.15) is 24.2 Å². The fraction of sp³-hybridized carbons (Fsp3) is 0.552. The highest BCUT2D eigenvalue weighted by atomic mass is 79.9. The van der Waals surface area contributed by atoms with Crippen LogP contribution >= 0.6 is 27.5 Å². The lowest BCUT2D eigenvalue weighted by Crippen LogP contribution is -2.60. The van der Waals surface area contributed by atoms with Crippen molar-refractivity contribution >= 4 is 69.1 Å². The molecule has 0 saturated heterocycles. The Balaban J connectivity index is 3.30. The molecule has 46 heavy (non-hydrogen) atoms. The molecular weight excluding hydrogens is 694 g/mol. The number of benzene rings is 1. The van der Waals surface area contributed by atoms with Crippen molar-refractivity contribution < 1.29 is 48.9 Å². The summed E-state index contributed by atoms with van der Waals surface area (Å²) in [5, 5.41) is 37.6. The summed E-state index contributed by atoms with van der Waals surface area (Å²) in [5.41, 5.74) is 6.29. The molecule has 17 heteroatoms. The van der Waals surface area contributed by atoms with Crippen molar-refractivity contribution in [1.29, 1.82) is 0 Å². The van der Waals surface area contributed by atoms with Gasteiger partial charge in [0, 0.05) is 22.3 Å². The zero-order valence-corrected chi connectivity index (χ0v) is 28.2. The second kappa shape index (κ2) is 19.0. The minimum atomic E-state index is -1.79. The zero-order valence-electron chi connectivity index (χ0n) is 25.8. The maximum Gasteiger partial charge on any atom is 0.326 e. The quantitative estimate of drug-likeness (QED) is 0.0997. The molecule has 1 aromatic rings. The first-order valence-corrected chi connectivity index (χ1v) is 15.6. The van der Waals surface area contributed by atoms with Gasteiger partial charge in [-0.05, 0) is 42.4 Å². The van der Waals surface area contributed by atoms with E-state index in [0.717, 1.165) is 0 Å². The number of nitrogens with two attached hydrogens (primary N) is 1. The third-order valence-corrected chi connectivity index (χ3v) is 7.63. The van der Waals surface area contributed by atoms with Crippen LogP contribution < -0.4 is 27.0 Å². The molecule has 1 aromatic carbocycles. The van der Waals surface area contributed by atoms with Crippen molar-refractivity contribution in [1.82, 2.24) is 21.3 Å². The van der Waals surface area contributed by atoms with Gasteiger partial charge in [0.15, 0.2) is 0 Å². The normalized spacial score (nSPS) is 14.4. The maximum atomic E-state index is 13.6. The van der Waals surface area contributed by atoms with Gasteiger partial charge in [-0.2, -0.15) is 0 Å². The number of carbonyl (C=O) groups is 7. The molecule has 0 unspecified atom stereocenters. The summed E-state index contributed by atoms with van der Waals surface area (Å²) in [6.07, 6.45) is -1.50. The average Bonchev–Trinajstić information content (AvgIpc) is 2.93. The number of hydrogen-bond acceptors (Lipinski definition) is 8. The summed E-state index contributed by atoms with van der Waals surface area (Å²) >= 11 is 9.36. The topological polar surface area (TPSA) is 254 Å². The Morgan fingerprint density at radius 1 is 0.804 bits per heavy atom. The lowest BCUT2D eigenvalue weighted by molar-refractivity contribution is -0.147. The predicted molar refractivity (Wildman–Crippen MR) is 170 cm³/mol. The SMILES string of the molecule is CC(C)C[C@H](NC(=O)[C@@H](NC(=O)[C@@H](N)CCC(=O)O)C(C)C)C(=O)N[C@@H](Cc1ccc(Cl)cc1Br)C(=O)N[C@@H](CC(=O)O)C(=O)O. The van der Waals surface area contributed by atoms with Crippen LogP contribution in [0.15, 0.2) is 22.7 Å². The Hall–Kier alpha value is -3.76. The molecule has 1 rings (SSSR count). The Morgan fingerprint density at radius 2 is 1.37 bits per heavy atom. The van der Waals surface area contributed by atoms with Crippen LogP contribution in [0.2, 0.25) is 5.02 Å².